The Labute approximate surface area is 88.8 Å². The van der Waals surface area contributed by atoms with E-state index in [1.54, 1.807) is 0 Å². The van der Waals surface area contributed by atoms with E-state index in [2.05, 4.69) is 0 Å². The molecule has 0 amide bonds. The van der Waals surface area contributed by atoms with Crippen LogP contribution in [0, 0.1) is 11.3 Å². The molecule has 15 heavy (non-hydrogen) atoms. The molecule has 3 rings (SSSR count). The van der Waals surface area contributed by atoms with Crippen LogP contribution in [0.5, 0.6) is 0 Å². The zero-order valence-corrected chi connectivity index (χ0v) is 8.86. The van der Waals surface area contributed by atoms with Crippen LogP contribution in [0.25, 0.3) is 0 Å². The SMILES string of the molecule is CC1=C2C(=O)CCC2C(O)C(O)C12CC2. The van der Waals surface area contributed by atoms with E-state index >= 15 is 0 Å². The lowest BCUT2D eigenvalue weighted by molar-refractivity contribution is -0.115. The summed E-state index contributed by atoms with van der Waals surface area (Å²) in [4.78, 5) is 11.7. The third-order valence-electron chi connectivity index (χ3n) is 4.60. The molecule has 0 aromatic rings. The number of rotatable bonds is 0. The minimum Gasteiger partial charge on any atom is -0.390 e. The average Bonchev–Trinajstić information content (AvgIpc) is 2.93. The van der Waals surface area contributed by atoms with E-state index < -0.39 is 12.2 Å². The van der Waals surface area contributed by atoms with E-state index in [1.165, 1.54) is 0 Å². The van der Waals surface area contributed by atoms with Crippen molar-refractivity contribution < 1.29 is 15.0 Å². The standard InChI is InChI=1S/C12H16O3/c1-6-9-7(2-3-8(9)13)10(14)11(15)12(6)4-5-12/h7,10-11,14-15H,2-5H2,1H3. The van der Waals surface area contributed by atoms with Crippen molar-refractivity contribution in [2.24, 2.45) is 11.3 Å². The molecule has 0 radical (unpaired) electrons. The molecule has 1 spiro atoms. The van der Waals surface area contributed by atoms with Gasteiger partial charge in [0.15, 0.2) is 5.78 Å². The highest BCUT2D eigenvalue weighted by molar-refractivity contribution is 5.99. The number of hydrogen-bond donors (Lipinski definition) is 2. The molecule has 2 fully saturated rings. The largest absolute Gasteiger partial charge is 0.390 e. The molecule has 3 nitrogen and oxygen atoms in total. The predicted molar refractivity (Wildman–Crippen MR) is 54.1 cm³/mol. The van der Waals surface area contributed by atoms with Gasteiger partial charge in [-0.2, -0.15) is 0 Å². The number of aliphatic hydroxyl groups is 2. The highest BCUT2D eigenvalue weighted by Gasteiger charge is 2.59. The van der Waals surface area contributed by atoms with Gasteiger partial charge in [0, 0.05) is 23.3 Å². The van der Waals surface area contributed by atoms with E-state index in [0.717, 1.165) is 24.0 Å². The first-order chi connectivity index (χ1) is 7.08. The van der Waals surface area contributed by atoms with Gasteiger partial charge >= 0.3 is 0 Å². The van der Waals surface area contributed by atoms with Gasteiger partial charge in [-0.05, 0) is 26.2 Å². The van der Waals surface area contributed by atoms with Crippen molar-refractivity contribution in [2.45, 2.75) is 44.8 Å². The van der Waals surface area contributed by atoms with E-state index in [-0.39, 0.29) is 17.1 Å². The molecule has 2 N–H and O–H groups in total. The van der Waals surface area contributed by atoms with Crippen molar-refractivity contribution in [1.29, 1.82) is 0 Å². The highest BCUT2D eigenvalue weighted by atomic mass is 16.3. The van der Waals surface area contributed by atoms with Crippen LogP contribution in [-0.4, -0.2) is 28.2 Å². The van der Waals surface area contributed by atoms with Crippen molar-refractivity contribution in [3.05, 3.63) is 11.1 Å². The van der Waals surface area contributed by atoms with Gasteiger partial charge < -0.3 is 10.2 Å². The molecule has 0 aliphatic heterocycles. The molecule has 0 aromatic heterocycles. The van der Waals surface area contributed by atoms with Gasteiger partial charge in [0.05, 0.1) is 12.2 Å². The summed E-state index contributed by atoms with van der Waals surface area (Å²) < 4.78 is 0. The first-order valence-electron chi connectivity index (χ1n) is 5.68. The fourth-order valence-electron chi connectivity index (χ4n) is 3.44. The fourth-order valence-corrected chi connectivity index (χ4v) is 3.44. The second kappa shape index (κ2) is 2.71. The summed E-state index contributed by atoms with van der Waals surface area (Å²) in [7, 11) is 0. The van der Waals surface area contributed by atoms with Crippen LogP contribution in [0.1, 0.15) is 32.6 Å². The molecule has 2 saturated carbocycles. The van der Waals surface area contributed by atoms with Gasteiger partial charge in [-0.15, -0.1) is 0 Å². The minimum atomic E-state index is -0.724. The van der Waals surface area contributed by atoms with E-state index in [4.69, 9.17) is 0 Å². The second-order valence-electron chi connectivity index (χ2n) is 5.20. The Morgan fingerprint density at radius 1 is 1.33 bits per heavy atom. The van der Waals surface area contributed by atoms with Crippen LogP contribution in [0.15, 0.2) is 11.1 Å². The Kier molecular flexibility index (Phi) is 1.73. The van der Waals surface area contributed by atoms with Crippen LogP contribution >= 0.6 is 0 Å². The summed E-state index contributed by atoms with van der Waals surface area (Å²) in [6.07, 6.45) is 1.70. The predicted octanol–water partition coefficient (Wildman–Crippen LogP) is 0.798. The third-order valence-corrected chi connectivity index (χ3v) is 4.60. The molecular formula is C12H16O3. The topological polar surface area (TPSA) is 57.5 Å². The quantitative estimate of drug-likeness (QED) is 0.619. The summed E-state index contributed by atoms with van der Waals surface area (Å²) in [5, 5.41) is 20.1. The summed E-state index contributed by atoms with van der Waals surface area (Å²) in [5.41, 5.74) is 1.66. The van der Waals surface area contributed by atoms with Crippen LogP contribution in [0.3, 0.4) is 0 Å². The van der Waals surface area contributed by atoms with Crippen molar-refractivity contribution in [1.82, 2.24) is 0 Å². The maximum atomic E-state index is 11.7. The van der Waals surface area contributed by atoms with Gasteiger partial charge in [0.2, 0.25) is 0 Å². The lowest BCUT2D eigenvalue weighted by Gasteiger charge is -2.37. The Bertz CT molecular complexity index is 365. The molecule has 0 heterocycles. The second-order valence-corrected chi connectivity index (χ2v) is 5.20. The summed E-state index contributed by atoms with van der Waals surface area (Å²) in [6, 6.07) is 0. The molecular weight excluding hydrogens is 192 g/mol. The first-order valence-corrected chi connectivity index (χ1v) is 5.68. The van der Waals surface area contributed by atoms with Crippen LogP contribution in [-0.2, 0) is 4.79 Å². The number of ketones is 1. The van der Waals surface area contributed by atoms with E-state index in [0.29, 0.717) is 12.8 Å². The molecule has 3 aliphatic rings. The molecule has 3 aliphatic carbocycles. The van der Waals surface area contributed by atoms with Crippen LogP contribution in [0.2, 0.25) is 0 Å². The summed E-state index contributed by atoms with van der Waals surface area (Å²) >= 11 is 0. The van der Waals surface area contributed by atoms with Crippen molar-refractivity contribution >= 4 is 5.78 Å². The molecule has 0 aromatic carbocycles. The molecule has 0 bridgehead atoms. The van der Waals surface area contributed by atoms with Crippen molar-refractivity contribution in [3.63, 3.8) is 0 Å². The average molecular weight is 208 g/mol. The van der Waals surface area contributed by atoms with Crippen molar-refractivity contribution in [3.8, 4) is 0 Å². The number of carbonyl (C=O) groups excluding carboxylic acids is 1. The zero-order chi connectivity index (χ0) is 10.8. The third kappa shape index (κ3) is 1.00. The fraction of sp³-hybridized carbons (Fsp3) is 0.750. The van der Waals surface area contributed by atoms with Gasteiger partial charge in [-0.1, -0.05) is 5.57 Å². The van der Waals surface area contributed by atoms with Gasteiger partial charge in [0.1, 0.15) is 0 Å². The Morgan fingerprint density at radius 2 is 2.00 bits per heavy atom. The number of hydrogen-bond acceptors (Lipinski definition) is 3. The molecule has 3 heteroatoms. The van der Waals surface area contributed by atoms with Crippen molar-refractivity contribution in [2.75, 3.05) is 0 Å². The maximum absolute atomic E-state index is 11.7. The van der Waals surface area contributed by atoms with Gasteiger partial charge in [-0.25, -0.2) is 0 Å². The lowest BCUT2D eigenvalue weighted by Crippen LogP contribution is -2.45. The maximum Gasteiger partial charge on any atom is 0.159 e. The molecule has 0 saturated heterocycles. The lowest BCUT2D eigenvalue weighted by atomic mass is 9.72. The van der Waals surface area contributed by atoms with E-state index in [9.17, 15) is 15.0 Å². The van der Waals surface area contributed by atoms with Gasteiger partial charge in [0.25, 0.3) is 0 Å². The Hall–Kier alpha value is -0.670. The normalized spacial score (nSPS) is 42.3. The minimum absolute atomic E-state index is 0.0984. The number of carbonyl (C=O) groups is 1. The molecule has 3 unspecified atom stereocenters. The van der Waals surface area contributed by atoms with Crippen LogP contribution < -0.4 is 0 Å². The smallest absolute Gasteiger partial charge is 0.159 e. The van der Waals surface area contributed by atoms with Crippen LogP contribution in [0.4, 0.5) is 0 Å². The first kappa shape index (κ1) is 9.55. The highest BCUT2D eigenvalue weighted by Crippen LogP contribution is 2.61. The zero-order valence-electron chi connectivity index (χ0n) is 8.86. The monoisotopic (exact) mass is 208 g/mol. The Balaban J connectivity index is 2.14. The summed E-state index contributed by atoms with van der Waals surface area (Å²) in [5.74, 6) is 0.0912. The number of aliphatic hydroxyl groups excluding tert-OH is 2. The Morgan fingerprint density at radius 3 is 2.60 bits per heavy atom. The molecule has 82 valence electrons. The number of Topliss-reactive ketones (excluding diaryl/α,β-unsaturated/α-hetero) is 1. The summed E-state index contributed by atoms with van der Waals surface area (Å²) in [6.45, 7) is 1.97. The van der Waals surface area contributed by atoms with E-state index in [1.807, 2.05) is 6.92 Å². The number of fused-ring (bicyclic) bond motifs is 1. The molecule has 3 atom stereocenters. The van der Waals surface area contributed by atoms with Gasteiger partial charge in [-0.3, -0.25) is 4.79 Å².